The number of aliphatic hydroxyl groups is 7. The van der Waals surface area contributed by atoms with Crippen molar-refractivity contribution in [3.8, 4) is 0 Å². The van der Waals surface area contributed by atoms with Crippen molar-refractivity contribution in [3.63, 3.8) is 0 Å². The van der Waals surface area contributed by atoms with Gasteiger partial charge in [-0.25, -0.2) is 4.79 Å². The van der Waals surface area contributed by atoms with Gasteiger partial charge in [0.05, 0.1) is 31.5 Å². The van der Waals surface area contributed by atoms with Gasteiger partial charge in [0.1, 0.15) is 48.8 Å². The molecular weight excluding hydrogens is 670 g/mol. The summed E-state index contributed by atoms with van der Waals surface area (Å²) in [7, 11) is 1.20. The third-order valence-electron chi connectivity index (χ3n) is 8.57. The van der Waals surface area contributed by atoms with Gasteiger partial charge in [-0.2, -0.15) is 0 Å². The van der Waals surface area contributed by atoms with Crippen LogP contribution in [-0.2, 0) is 57.0 Å². The molecule has 0 aromatic carbocycles. The number of aliphatic carboxylic acids is 1. The normalized spacial score (nSPS) is 45.0. The van der Waals surface area contributed by atoms with Gasteiger partial charge in [-0.1, -0.05) is 0 Å². The lowest BCUT2D eigenvalue weighted by atomic mass is 9.97. The molecule has 18 atom stereocenters. The molecule has 0 aromatic heterocycles. The number of nitrogens with one attached hydrogen (secondary N) is 1. The third-order valence-corrected chi connectivity index (χ3v) is 8.57. The molecule has 0 aromatic rings. The summed E-state index contributed by atoms with van der Waals surface area (Å²) in [6, 6.07) is -0.733. The first-order valence-electron chi connectivity index (χ1n) is 15.5. The first-order chi connectivity index (χ1) is 23.1. The van der Waals surface area contributed by atoms with E-state index in [1.165, 1.54) is 14.0 Å². The van der Waals surface area contributed by atoms with Crippen molar-refractivity contribution >= 4 is 17.9 Å². The molecule has 282 valence electrons. The second-order valence-electron chi connectivity index (χ2n) is 12.1. The Morgan fingerprint density at radius 2 is 1.41 bits per heavy atom. The van der Waals surface area contributed by atoms with Crippen molar-refractivity contribution in [1.29, 1.82) is 0 Å². The number of β-amino-alcohol motifs (C(OH)–C–C–N with tert-alkyl or cyclic N) is 1. The number of carbonyl (C=O) groups is 3. The Balaban J connectivity index is 1.63. The number of aliphatic hydroxyl groups excluding tert-OH is 7. The van der Waals surface area contributed by atoms with Crippen molar-refractivity contribution in [2.75, 3.05) is 26.9 Å². The van der Waals surface area contributed by atoms with Crippen LogP contribution in [0.15, 0.2) is 0 Å². The predicted octanol–water partition coefficient (Wildman–Crippen LogP) is -5.94. The lowest BCUT2D eigenvalue weighted by Crippen LogP contribution is -2.66. The van der Waals surface area contributed by atoms with Gasteiger partial charge >= 0.3 is 17.9 Å². The average Bonchev–Trinajstić information content (AvgIpc) is 3.40. The zero-order valence-electron chi connectivity index (χ0n) is 27.0. The van der Waals surface area contributed by atoms with E-state index < -0.39 is 141 Å². The van der Waals surface area contributed by atoms with Crippen LogP contribution >= 0.6 is 0 Å². The number of carboxylic acids is 1. The molecular formula is C28H45NO20. The molecule has 4 aliphatic heterocycles. The Hall–Kier alpha value is -2.19. The molecule has 0 bridgehead atoms. The van der Waals surface area contributed by atoms with Crippen LogP contribution in [0, 0.1) is 0 Å². The van der Waals surface area contributed by atoms with Gasteiger partial charge in [0.15, 0.2) is 43.3 Å². The van der Waals surface area contributed by atoms with Gasteiger partial charge in [-0.3, -0.25) is 9.59 Å². The Bertz CT molecular complexity index is 1130. The molecule has 0 spiro atoms. The summed E-state index contributed by atoms with van der Waals surface area (Å²) in [6.07, 6.45) is -27.2. The zero-order valence-corrected chi connectivity index (χ0v) is 27.0. The molecule has 4 aliphatic rings. The molecule has 4 saturated heterocycles. The summed E-state index contributed by atoms with van der Waals surface area (Å²) in [6.45, 7) is 2.39. The first kappa shape index (κ1) is 39.6. The van der Waals surface area contributed by atoms with Crippen LogP contribution in [0.4, 0.5) is 0 Å². The van der Waals surface area contributed by atoms with Crippen molar-refractivity contribution in [2.24, 2.45) is 0 Å². The second-order valence-corrected chi connectivity index (χ2v) is 12.1. The highest BCUT2D eigenvalue weighted by Crippen LogP contribution is 2.35. The van der Waals surface area contributed by atoms with Gasteiger partial charge in [-0.15, -0.1) is 0 Å². The van der Waals surface area contributed by atoms with E-state index >= 15 is 0 Å². The molecule has 0 aliphatic carbocycles. The minimum atomic E-state index is -2.09. The fourth-order valence-corrected chi connectivity index (χ4v) is 6.22. The highest BCUT2D eigenvalue weighted by Gasteiger charge is 2.56. The Labute approximate surface area is 279 Å². The van der Waals surface area contributed by atoms with E-state index in [-0.39, 0.29) is 6.54 Å². The van der Waals surface area contributed by atoms with E-state index in [1.54, 1.807) is 0 Å². The van der Waals surface area contributed by atoms with E-state index in [9.17, 15) is 55.2 Å². The highest BCUT2D eigenvalue weighted by atomic mass is 16.8. The summed E-state index contributed by atoms with van der Waals surface area (Å²) in [5, 5.41) is 85.7. The number of hydrogen-bond acceptors (Lipinski definition) is 20. The summed E-state index contributed by atoms with van der Waals surface area (Å²) < 4.78 is 50.8. The van der Waals surface area contributed by atoms with Crippen molar-refractivity contribution in [2.45, 2.75) is 131 Å². The molecule has 9 N–H and O–H groups in total. The van der Waals surface area contributed by atoms with Crippen LogP contribution in [0.1, 0.15) is 20.8 Å². The van der Waals surface area contributed by atoms with Gasteiger partial charge in [0.25, 0.3) is 0 Å². The van der Waals surface area contributed by atoms with Gasteiger partial charge in [0.2, 0.25) is 0 Å². The van der Waals surface area contributed by atoms with Crippen molar-refractivity contribution in [1.82, 2.24) is 5.32 Å². The molecule has 49 heavy (non-hydrogen) atoms. The average molecular weight is 716 g/mol. The maximum Gasteiger partial charge on any atom is 0.335 e. The number of rotatable bonds is 12. The Kier molecular flexibility index (Phi) is 13.6. The topological polar surface area (TPSA) is 308 Å². The van der Waals surface area contributed by atoms with Crippen LogP contribution in [0.25, 0.3) is 0 Å². The first-order valence-corrected chi connectivity index (χ1v) is 15.5. The Morgan fingerprint density at radius 1 is 0.796 bits per heavy atom. The SMILES string of the molecule is CO[C@@H]1[C@@H](O)[C@@H](O[C@@H]2[C@@H]([C@H](C)O)NC[C@@H]2O)O[C@H](CO)[C@H]1O[C@H]1OC[C@H](OC(C)=O)[C@H](OC(C)=O)[C@H]1O[C@@H]1O[C@@H](C(=O)O)[C@H](O)[C@@H](O)[C@@H]1O. The van der Waals surface area contributed by atoms with Crippen LogP contribution in [0.3, 0.4) is 0 Å². The number of carboxylic acid groups (broad SMARTS) is 1. The minimum absolute atomic E-state index is 0.0762. The third kappa shape index (κ3) is 8.83. The monoisotopic (exact) mass is 715 g/mol. The second kappa shape index (κ2) is 16.9. The van der Waals surface area contributed by atoms with E-state index in [0.717, 1.165) is 13.8 Å². The van der Waals surface area contributed by atoms with Gasteiger partial charge in [-0.05, 0) is 6.92 Å². The number of hydrogen-bond donors (Lipinski definition) is 9. The summed E-state index contributed by atoms with van der Waals surface area (Å²) >= 11 is 0. The maximum absolute atomic E-state index is 12.2. The van der Waals surface area contributed by atoms with E-state index in [4.69, 9.17) is 42.6 Å². The summed E-state index contributed by atoms with van der Waals surface area (Å²) in [5.41, 5.74) is 0. The molecule has 0 amide bonds. The molecule has 0 unspecified atom stereocenters. The van der Waals surface area contributed by atoms with Crippen LogP contribution in [0.5, 0.6) is 0 Å². The zero-order chi connectivity index (χ0) is 36.3. The summed E-state index contributed by atoms with van der Waals surface area (Å²) in [4.78, 5) is 35.8. The van der Waals surface area contributed by atoms with Crippen LogP contribution in [-0.4, -0.2) is 196 Å². The summed E-state index contributed by atoms with van der Waals surface area (Å²) in [5.74, 6) is -3.44. The Morgan fingerprint density at radius 3 is 1.98 bits per heavy atom. The largest absolute Gasteiger partial charge is 0.479 e. The smallest absolute Gasteiger partial charge is 0.335 e. The molecule has 4 heterocycles. The number of esters is 2. The van der Waals surface area contributed by atoms with Crippen molar-refractivity contribution < 1.29 is 97.9 Å². The van der Waals surface area contributed by atoms with E-state index in [2.05, 4.69) is 5.32 Å². The number of methoxy groups -OCH3 is 1. The number of ether oxygens (including phenoxy) is 9. The molecule has 4 rings (SSSR count). The van der Waals surface area contributed by atoms with Crippen LogP contribution in [0.2, 0.25) is 0 Å². The van der Waals surface area contributed by atoms with E-state index in [1.807, 2.05) is 0 Å². The lowest BCUT2D eigenvalue weighted by Gasteiger charge is -2.48. The van der Waals surface area contributed by atoms with Crippen molar-refractivity contribution in [3.05, 3.63) is 0 Å². The number of carbonyl (C=O) groups excluding carboxylic acids is 2. The highest BCUT2D eigenvalue weighted by molar-refractivity contribution is 5.73. The van der Waals surface area contributed by atoms with E-state index in [0.29, 0.717) is 0 Å². The van der Waals surface area contributed by atoms with Gasteiger partial charge in [0, 0.05) is 27.5 Å². The molecule has 0 saturated carbocycles. The molecule has 4 fully saturated rings. The maximum atomic E-state index is 12.2. The lowest BCUT2D eigenvalue weighted by molar-refractivity contribution is -0.380. The fraction of sp³-hybridized carbons (Fsp3) is 0.893. The quantitative estimate of drug-likeness (QED) is 0.0850. The fourth-order valence-electron chi connectivity index (χ4n) is 6.22. The predicted molar refractivity (Wildman–Crippen MR) is 152 cm³/mol. The molecule has 21 nitrogen and oxygen atoms in total. The minimum Gasteiger partial charge on any atom is -0.479 e. The van der Waals surface area contributed by atoms with Crippen LogP contribution < -0.4 is 5.32 Å². The molecule has 21 heteroatoms. The molecule has 0 radical (unpaired) electrons. The van der Waals surface area contributed by atoms with Gasteiger partial charge < -0.3 is 88.8 Å². The standard InChI is InChI=1S/C28H45NO20/c1-8(31)14-19(11(34)5-29-14)46-27-18(38)22(41-4)20(12(6-30)45-27)47-28-24(21(44-10(3)33)13(7-42-28)43-9(2)32)49-26-17(37)15(35)16(36)23(48-26)25(39)40/h8,11-24,26-31,34-38H,5-7H2,1-4H3,(H,39,40)/t8-,11-,12+,13-,14+,15+,16+,17-,18+,19-,20+,21-,22+,23+,24+,26-,27+,28+/m0/s1.